The summed E-state index contributed by atoms with van der Waals surface area (Å²) in [6, 6.07) is 16.2. The van der Waals surface area contributed by atoms with Crippen LogP contribution in [0.3, 0.4) is 0 Å². The highest BCUT2D eigenvalue weighted by molar-refractivity contribution is 5.49. The average molecular weight is 269 g/mol. The molecule has 1 atom stereocenters. The molecule has 106 valence electrons. The number of rotatable bonds is 4. The molecular weight excluding hydrogens is 246 g/mol. The Morgan fingerprint density at radius 1 is 0.850 bits per heavy atom. The van der Waals surface area contributed by atoms with Gasteiger partial charge in [-0.05, 0) is 34.7 Å². The predicted molar refractivity (Wildman–Crippen MR) is 85.4 cm³/mol. The molecule has 0 saturated carbocycles. The first-order valence-corrected chi connectivity index (χ1v) is 7.04. The Kier molecular flexibility index (Phi) is 4.46. The summed E-state index contributed by atoms with van der Waals surface area (Å²) in [6.45, 7) is 4.35. The van der Waals surface area contributed by atoms with Gasteiger partial charge in [-0.25, -0.2) is 0 Å². The maximum atomic E-state index is 10.5. The van der Waals surface area contributed by atoms with E-state index in [2.05, 4.69) is 26.0 Å². The summed E-state index contributed by atoms with van der Waals surface area (Å²) in [5.41, 5.74) is 4.25. The van der Waals surface area contributed by atoms with Crippen LogP contribution in [0.2, 0.25) is 0 Å². The van der Waals surface area contributed by atoms with Crippen LogP contribution in [-0.2, 0) is 0 Å². The van der Waals surface area contributed by atoms with Crippen LogP contribution in [0.1, 0.15) is 42.6 Å². The second kappa shape index (κ2) is 6.10. The van der Waals surface area contributed by atoms with Crippen LogP contribution in [0.5, 0.6) is 0 Å². The fourth-order valence-corrected chi connectivity index (χ4v) is 2.23. The predicted octanol–water partition coefficient (Wildman–Crippen LogP) is 3.96. The third kappa shape index (κ3) is 3.20. The van der Waals surface area contributed by atoms with Gasteiger partial charge in [-0.3, -0.25) is 0 Å². The normalized spacial score (nSPS) is 12.5. The lowest BCUT2D eigenvalue weighted by atomic mass is 9.97. The fourth-order valence-electron chi connectivity index (χ4n) is 2.23. The van der Waals surface area contributed by atoms with Crippen molar-refractivity contribution >= 4 is 5.69 Å². The quantitative estimate of drug-likeness (QED) is 0.908. The highest BCUT2D eigenvalue weighted by Gasteiger charge is 2.11. The van der Waals surface area contributed by atoms with E-state index in [-0.39, 0.29) is 0 Å². The molecular formula is C18H23NO. The molecule has 0 heterocycles. The Labute approximate surface area is 121 Å². The summed E-state index contributed by atoms with van der Waals surface area (Å²) in [5, 5.41) is 10.5. The van der Waals surface area contributed by atoms with E-state index >= 15 is 0 Å². The van der Waals surface area contributed by atoms with Crippen LogP contribution in [0, 0.1) is 0 Å². The molecule has 1 N–H and O–H groups in total. The largest absolute Gasteiger partial charge is 0.384 e. The maximum Gasteiger partial charge on any atom is 0.104 e. The molecule has 0 saturated heterocycles. The molecule has 2 rings (SSSR count). The standard InChI is InChI=1S/C18H23NO/c1-13(2)14-8-10-15(11-9-14)18(20)16-6-5-7-17(12-16)19(3)4/h5-13,18,20H,1-4H3. The van der Waals surface area contributed by atoms with E-state index in [1.54, 1.807) is 0 Å². The minimum atomic E-state index is -0.573. The number of anilines is 1. The molecule has 0 aliphatic heterocycles. The van der Waals surface area contributed by atoms with Crippen molar-refractivity contribution in [1.29, 1.82) is 0 Å². The molecule has 2 aromatic carbocycles. The zero-order valence-corrected chi connectivity index (χ0v) is 12.7. The lowest BCUT2D eigenvalue weighted by Crippen LogP contribution is -2.09. The monoisotopic (exact) mass is 269 g/mol. The summed E-state index contributed by atoms with van der Waals surface area (Å²) in [5.74, 6) is 0.512. The number of aliphatic hydroxyl groups excluding tert-OH is 1. The second-order valence-corrected chi connectivity index (χ2v) is 5.71. The first-order chi connectivity index (χ1) is 9.49. The van der Waals surface area contributed by atoms with E-state index in [1.165, 1.54) is 5.56 Å². The molecule has 0 amide bonds. The summed E-state index contributed by atoms with van der Waals surface area (Å²) in [6.07, 6.45) is -0.573. The Morgan fingerprint density at radius 2 is 1.45 bits per heavy atom. The van der Waals surface area contributed by atoms with E-state index < -0.39 is 6.10 Å². The van der Waals surface area contributed by atoms with Crippen LogP contribution in [0.4, 0.5) is 5.69 Å². The first kappa shape index (κ1) is 14.6. The van der Waals surface area contributed by atoms with E-state index in [1.807, 2.05) is 55.4 Å². The summed E-state index contributed by atoms with van der Waals surface area (Å²) >= 11 is 0. The van der Waals surface area contributed by atoms with Gasteiger partial charge in [-0.15, -0.1) is 0 Å². The van der Waals surface area contributed by atoms with E-state index in [0.29, 0.717) is 5.92 Å². The topological polar surface area (TPSA) is 23.5 Å². The number of aliphatic hydroxyl groups is 1. The number of hydrogen-bond donors (Lipinski definition) is 1. The van der Waals surface area contributed by atoms with Gasteiger partial charge in [-0.1, -0.05) is 50.2 Å². The van der Waals surface area contributed by atoms with Crippen LogP contribution < -0.4 is 4.90 Å². The number of hydrogen-bond acceptors (Lipinski definition) is 2. The van der Waals surface area contributed by atoms with Gasteiger partial charge in [0.25, 0.3) is 0 Å². The molecule has 0 bridgehead atoms. The van der Waals surface area contributed by atoms with Crippen molar-refractivity contribution in [2.75, 3.05) is 19.0 Å². The Bertz CT molecular complexity index is 558. The van der Waals surface area contributed by atoms with Crippen LogP contribution in [0.15, 0.2) is 48.5 Å². The van der Waals surface area contributed by atoms with Crippen molar-refractivity contribution in [3.05, 3.63) is 65.2 Å². The maximum absolute atomic E-state index is 10.5. The minimum Gasteiger partial charge on any atom is -0.384 e. The van der Waals surface area contributed by atoms with Gasteiger partial charge in [0.2, 0.25) is 0 Å². The summed E-state index contributed by atoms with van der Waals surface area (Å²) < 4.78 is 0. The molecule has 2 aromatic rings. The van der Waals surface area contributed by atoms with E-state index in [0.717, 1.165) is 16.8 Å². The minimum absolute atomic E-state index is 0.512. The zero-order valence-electron chi connectivity index (χ0n) is 12.7. The average Bonchev–Trinajstić information content (AvgIpc) is 2.46. The Balaban J connectivity index is 2.26. The lowest BCUT2D eigenvalue weighted by molar-refractivity contribution is 0.220. The smallest absolute Gasteiger partial charge is 0.104 e. The highest BCUT2D eigenvalue weighted by atomic mass is 16.3. The Hall–Kier alpha value is -1.80. The number of benzene rings is 2. The number of nitrogens with zero attached hydrogens (tertiary/aromatic N) is 1. The van der Waals surface area contributed by atoms with Crippen LogP contribution in [-0.4, -0.2) is 19.2 Å². The van der Waals surface area contributed by atoms with Gasteiger partial charge in [0.05, 0.1) is 0 Å². The Morgan fingerprint density at radius 3 is 2.00 bits per heavy atom. The van der Waals surface area contributed by atoms with Gasteiger partial charge in [0.1, 0.15) is 6.10 Å². The lowest BCUT2D eigenvalue weighted by Gasteiger charge is -2.17. The van der Waals surface area contributed by atoms with Crippen molar-refractivity contribution in [3.8, 4) is 0 Å². The van der Waals surface area contributed by atoms with Crippen molar-refractivity contribution in [2.24, 2.45) is 0 Å². The van der Waals surface area contributed by atoms with Crippen LogP contribution in [0.25, 0.3) is 0 Å². The third-order valence-electron chi connectivity index (χ3n) is 3.62. The molecule has 20 heavy (non-hydrogen) atoms. The van der Waals surface area contributed by atoms with Gasteiger partial charge in [0, 0.05) is 19.8 Å². The van der Waals surface area contributed by atoms with Crippen molar-refractivity contribution in [1.82, 2.24) is 0 Å². The second-order valence-electron chi connectivity index (χ2n) is 5.71. The van der Waals surface area contributed by atoms with Gasteiger partial charge < -0.3 is 10.0 Å². The van der Waals surface area contributed by atoms with E-state index in [9.17, 15) is 5.11 Å². The molecule has 2 heteroatoms. The summed E-state index contributed by atoms with van der Waals surface area (Å²) in [7, 11) is 4.01. The van der Waals surface area contributed by atoms with Gasteiger partial charge >= 0.3 is 0 Å². The molecule has 0 radical (unpaired) electrons. The first-order valence-electron chi connectivity index (χ1n) is 7.04. The zero-order chi connectivity index (χ0) is 14.7. The van der Waals surface area contributed by atoms with Gasteiger partial charge in [-0.2, -0.15) is 0 Å². The van der Waals surface area contributed by atoms with Gasteiger partial charge in [0.15, 0.2) is 0 Å². The van der Waals surface area contributed by atoms with Crippen molar-refractivity contribution in [3.63, 3.8) is 0 Å². The summed E-state index contributed by atoms with van der Waals surface area (Å²) in [4.78, 5) is 2.04. The molecule has 0 aliphatic carbocycles. The molecule has 0 spiro atoms. The molecule has 0 aromatic heterocycles. The SMILES string of the molecule is CC(C)c1ccc(C(O)c2cccc(N(C)C)c2)cc1. The van der Waals surface area contributed by atoms with Crippen molar-refractivity contribution in [2.45, 2.75) is 25.9 Å². The van der Waals surface area contributed by atoms with Crippen LogP contribution >= 0.6 is 0 Å². The molecule has 0 fully saturated rings. The molecule has 2 nitrogen and oxygen atoms in total. The van der Waals surface area contributed by atoms with E-state index in [4.69, 9.17) is 0 Å². The van der Waals surface area contributed by atoms with Crippen molar-refractivity contribution < 1.29 is 5.11 Å². The molecule has 0 aliphatic rings. The third-order valence-corrected chi connectivity index (χ3v) is 3.62. The molecule has 1 unspecified atom stereocenters. The highest BCUT2D eigenvalue weighted by Crippen LogP contribution is 2.26. The fraction of sp³-hybridized carbons (Fsp3) is 0.333.